The van der Waals surface area contributed by atoms with E-state index in [0.29, 0.717) is 0 Å². The second-order valence-electron chi connectivity index (χ2n) is 7.60. The third kappa shape index (κ3) is 4.60. The SMILES string of the molecule is O=C(O)CCCCCCc1ccc2nc(-c3ccccc3)n(-c3ccccc3)c2c1. The van der Waals surface area contributed by atoms with Crippen molar-refractivity contribution in [2.45, 2.75) is 38.5 Å². The van der Waals surface area contributed by atoms with Gasteiger partial charge in [0.05, 0.1) is 11.0 Å². The maximum absolute atomic E-state index is 10.6. The Balaban J connectivity index is 1.62. The Bertz CT molecular complexity index is 1120. The number of nitrogens with zero attached hydrogens (tertiary/aromatic N) is 2. The van der Waals surface area contributed by atoms with Crippen LogP contribution in [0.5, 0.6) is 0 Å². The Hall–Kier alpha value is -3.40. The summed E-state index contributed by atoms with van der Waals surface area (Å²) in [4.78, 5) is 15.6. The number of carboxylic acid groups (broad SMARTS) is 1. The van der Waals surface area contributed by atoms with E-state index in [0.717, 1.165) is 60.2 Å². The van der Waals surface area contributed by atoms with Gasteiger partial charge in [0.15, 0.2) is 0 Å². The Morgan fingerprint density at radius 2 is 1.53 bits per heavy atom. The molecule has 30 heavy (non-hydrogen) atoms. The van der Waals surface area contributed by atoms with Crippen molar-refractivity contribution >= 4 is 17.0 Å². The Morgan fingerprint density at radius 1 is 0.833 bits per heavy atom. The second-order valence-corrected chi connectivity index (χ2v) is 7.60. The molecule has 1 aromatic heterocycles. The quantitative estimate of drug-likeness (QED) is 0.338. The number of carbonyl (C=O) groups is 1. The van der Waals surface area contributed by atoms with E-state index in [2.05, 4.69) is 59.2 Å². The first-order valence-electron chi connectivity index (χ1n) is 10.6. The molecule has 3 aromatic carbocycles. The van der Waals surface area contributed by atoms with Gasteiger partial charge in [0.2, 0.25) is 0 Å². The first-order valence-corrected chi connectivity index (χ1v) is 10.6. The first kappa shape index (κ1) is 19.9. The fraction of sp³-hybridized carbons (Fsp3) is 0.231. The number of carboxylic acids is 1. The van der Waals surface area contributed by atoms with Crippen molar-refractivity contribution in [3.05, 3.63) is 84.4 Å². The topological polar surface area (TPSA) is 55.1 Å². The zero-order valence-corrected chi connectivity index (χ0v) is 17.0. The molecule has 4 nitrogen and oxygen atoms in total. The van der Waals surface area contributed by atoms with Crippen LogP contribution in [0.1, 0.15) is 37.7 Å². The molecule has 0 spiro atoms. The summed E-state index contributed by atoms with van der Waals surface area (Å²) in [5.41, 5.74) is 5.59. The van der Waals surface area contributed by atoms with Gasteiger partial charge in [0.25, 0.3) is 0 Å². The molecule has 4 rings (SSSR count). The number of aromatic nitrogens is 2. The van der Waals surface area contributed by atoms with Gasteiger partial charge in [-0.15, -0.1) is 0 Å². The van der Waals surface area contributed by atoms with Crippen LogP contribution < -0.4 is 0 Å². The molecule has 1 N–H and O–H groups in total. The summed E-state index contributed by atoms with van der Waals surface area (Å²) in [5, 5.41) is 8.74. The van der Waals surface area contributed by atoms with E-state index >= 15 is 0 Å². The predicted octanol–water partition coefficient (Wildman–Crippen LogP) is 6.27. The smallest absolute Gasteiger partial charge is 0.303 e. The lowest BCUT2D eigenvalue weighted by molar-refractivity contribution is -0.137. The van der Waals surface area contributed by atoms with E-state index < -0.39 is 5.97 Å². The summed E-state index contributed by atoms with van der Waals surface area (Å²) in [6, 6.07) is 27.2. The molecule has 0 bridgehead atoms. The summed E-state index contributed by atoms with van der Waals surface area (Å²) < 4.78 is 2.24. The standard InChI is InChI=1S/C26H26N2O2/c29-25(30)16-10-2-1-5-11-20-17-18-23-24(19-20)28(22-14-8-4-9-15-22)26(27-23)21-12-6-3-7-13-21/h3-4,6-9,12-15,17-19H,1-2,5,10-11,16H2,(H,29,30). The largest absolute Gasteiger partial charge is 0.481 e. The molecule has 0 aliphatic heterocycles. The summed E-state index contributed by atoms with van der Waals surface area (Å²) in [6.07, 6.45) is 5.10. The van der Waals surface area contributed by atoms with E-state index in [4.69, 9.17) is 10.1 Å². The molecule has 0 fully saturated rings. The highest BCUT2D eigenvalue weighted by atomic mass is 16.4. The van der Waals surface area contributed by atoms with Crippen molar-refractivity contribution in [1.29, 1.82) is 0 Å². The molecule has 0 aliphatic carbocycles. The molecule has 4 aromatic rings. The number of benzene rings is 3. The van der Waals surface area contributed by atoms with Crippen LogP contribution in [-0.2, 0) is 11.2 Å². The van der Waals surface area contributed by atoms with E-state index in [1.165, 1.54) is 5.56 Å². The normalized spacial score (nSPS) is 11.1. The van der Waals surface area contributed by atoms with Crippen LogP contribution >= 0.6 is 0 Å². The lowest BCUT2D eigenvalue weighted by atomic mass is 10.0. The Labute approximate surface area is 176 Å². The number of hydrogen-bond donors (Lipinski definition) is 1. The van der Waals surface area contributed by atoms with Crippen molar-refractivity contribution in [2.75, 3.05) is 0 Å². The van der Waals surface area contributed by atoms with Gasteiger partial charge < -0.3 is 5.11 Å². The van der Waals surface area contributed by atoms with E-state index in [1.807, 2.05) is 24.3 Å². The third-order valence-corrected chi connectivity index (χ3v) is 5.37. The average Bonchev–Trinajstić information content (AvgIpc) is 3.16. The zero-order valence-electron chi connectivity index (χ0n) is 17.0. The molecule has 152 valence electrons. The van der Waals surface area contributed by atoms with Crippen molar-refractivity contribution in [1.82, 2.24) is 9.55 Å². The Kier molecular flexibility index (Phi) is 6.23. The number of aliphatic carboxylic acids is 1. The first-order chi connectivity index (χ1) is 14.7. The van der Waals surface area contributed by atoms with Crippen LogP contribution in [0.15, 0.2) is 78.9 Å². The van der Waals surface area contributed by atoms with Crippen LogP contribution in [0, 0.1) is 0 Å². The maximum atomic E-state index is 10.6. The number of para-hydroxylation sites is 1. The highest BCUT2D eigenvalue weighted by Crippen LogP contribution is 2.29. The highest BCUT2D eigenvalue weighted by Gasteiger charge is 2.14. The number of aryl methyl sites for hydroxylation is 1. The van der Waals surface area contributed by atoms with Crippen molar-refractivity contribution in [3.8, 4) is 17.1 Å². The molecule has 0 atom stereocenters. The fourth-order valence-corrected chi connectivity index (χ4v) is 3.85. The number of rotatable bonds is 9. The Morgan fingerprint density at radius 3 is 2.27 bits per heavy atom. The second kappa shape index (κ2) is 9.40. The number of unbranched alkanes of at least 4 members (excludes halogenated alkanes) is 3. The summed E-state index contributed by atoms with van der Waals surface area (Å²) in [6.45, 7) is 0. The minimum absolute atomic E-state index is 0.268. The van der Waals surface area contributed by atoms with Crippen LogP contribution in [0.25, 0.3) is 28.1 Å². The van der Waals surface area contributed by atoms with Crippen molar-refractivity contribution < 1.29 is 9.90 Å². The molecule has 0 amide bonds. The van der Waals surface area contributed by atoms with Gasteiger partial charge >= 0.3 is 5.97 Å². The van der Waals surface area contributed by atoms with Gasteiger partial charge in [-0.1, -0.05) is 67.4 Å². The monoisotopic (exact) mass is 398 g/mol. The molecule has 0 saturated carbocycles. The highest BCUT2D eigenvalue weighted by molar-refractivity contribution is 5.83. The minimum Gasteiger partial charge on any atom is -0.481 e. The summed E-state index contributed by atoms with van der Waals surface area (Å²) in [5.74, 6) is 0.242. The lowest BCUT2D eigenvalue weighted by Crippen LogP contribution is -1.97. The molecule has 0 aliphatic rings. The van der Waals surface area contributed by atoms with Gasteiger partial charge in [-0.2, -0.15) is 0 Å². The molecule has 4 heteroatoms. The summed E-state index contributed by atoms with van der Waals surface area (Å²) >= 11 is 0. The van der Waals surface area contributed by atoms with Gasteiger partial charge in [-0.05, 0) is 49.1 Å². The average molecular weight is 399 g/mol. The molecule has 0 radical (unpaired) electrons. The number of hydrogen-bond acceptors (Lipinski definition) is 2. The molecular weight excluding hydrogens is 372 g/mol. The van der Waals surface area contributed by atoms with Gasteiger partial charge in [0, 0.05) is 17.7 Å². The van der Waals surface area contributed by atoms with Crippen LogP contribution in [-0.4, -0.2) is 20.6 Å². The number of imidazole rings is 1. The maximum Gasteiger partial charge on any atom is 0.303 e. The third-order valence-electron chi connectivity index (χ3n) is 5.37. The van der Waals surface area contributed by atoms with Crippen LogP contribution in [0.4, 0.5) is 0 Å². The fourth-order valence-electron chi connectivity index (χ4n) is 3.85. The van der Waals surface area contributed by atoms with Crippen LogP contribution in [0.2, 0.25) is 0 Å². The predicted molar refractivity (Wildman–Crippen MR) is 121 cm³/mol. The molecule has 1 heterocycles. The lowest BCUT2D eigenvalue weighted by Gasteiger charge is -2.10. The van der Waals surface area contributed by atoms with Gasteiger partial charge in [-0.3, -0.25) is 9.36 Å². The van der Waals surface area contributed by atoms with Gasteiger partial charge in [0.1, 0.15) is 5.82 Å². The summed E-state index contributed by atoms with van der Waals surface area (Å²) in [7, 11) is 0. The van der Waals surface area contributed by atoms with Crippen molar-refractivity contribution in [3.63, 3.8) is 0 Å². The van der Waals surface area contributed by atoms with E-state index in [1.54, 1.807) is 0 Å². The van der Waals surface area contributed by atoms with Gasteiger partial charge in [-0.25, -0.2) is 4.98 Å². The van der Waals surface area contributed by atoms with E-state index in [9.17, 15) is 4.79 Å². The molecule has 0 saturated heterocycles. The molecular formula is C26H26N2O2. The zero-order chi connectivity index (χ0) is 20.8. The van der Waals surface area contributed by atoms with Crippen LogP contribution in [0.3, 0.4) is 0 Å². The molecule has 0 unspecified atom stereocenters. The number of fused-ring (bicyclic) bond motifs is 1. The van der Waals surface area contributed by atoms with Crippen molar-refractivity contribution in [2.24, 2.45) is 0 Å². The van der Waals surface area contributed by atoms with E-state index in [-0.39, 0.29) is 6.42 Å². The minimum atomic E-state index is -0.705.